The molecule has 148 valence electrons. The van der Waals surface area contributed by atoms with Crippen LogP contribution in [0.3, 0.4) is 0 Å². The summed E-state index contributed by atoms with van der Waals surface area (Å²) in [5, 5.41) is 9.23. The highest BCUT2D eigenvalue weighted by Gasteiger charge is 2.32. The van der Waals surface area contributed by atoms with E-state index in [1.807, 2.05) is 17.5 Å². The van der Waals surface area contributed by atoms with Crippen molar-refractivity contribution >= 4 is 34.1 Å². The van der Waals surface area contributed by atoms with Crippen LogP contribution in [0.15, 0.2) is 48.0 Å². The third-order valence-electron chi connectivity index (χ3n) is 4.15. The number of aryl methyl sites for hydroxylation is 1. The minimum Gasteiger partial charge on any atom is -0.307 e. The zero-order chi connectivity index (χ0) is 20.6. The number of nitrogens with zero attached hydrogens (tertiary/aromatic N) is 4. The Morgan fingerprint density at radius 1 is 1.21 bits per heavy atom. The van der Waals surface area contributed by atoms with Gasteiger partial charge in [0, 0.05) is 10.6 Å². The number of fused-ring (bicyclic) bond motifs is 1. The monoisotopic (exact) mass is 417 g/mol. The van der Waals surface area contributed by atoms with Crippen LogP contribution in [0, 0.1) is 6.92 Å². The number of anilines is 1. The first kappa shape index (κ1) is 19.1. The Hall–Kier alpha value is -3.27. The number of carbonyl (C=O) groups is 1. The minimum atomic E-state index is -4.59. The Labute approximate surface area is 167 Å². The highest BCUT2D eigenvalue weighted by Crippen LogP contribution is 2.28. The molecule has 1 N–H and O–H groups in total. The van der Waals surface area contributed by atoms with Gasteiger partial charge in [-0.2, -0.15) is 18.3 Å². The average molecular weight is 417 g/mol. The molecule has 4 rings (SSSR count). The molecule has 0 unspecified atom stereocenters. The Balaban J connectivity index is 1.67. The van der Waals surface area contributed by atoms with Crippen LogP contribution in [0.25, 0.3) is 11.0 Å². The van der Waals surface area contributed by atoms with Crippen molar-refractivity contribution in [3.8, 4) is 0 Å². The molecule has 4 aromatic rings. The number of amides is 1. The van der Waals surface area contributed by atoms with Crippen molar-refractivity contribution in [3.05, 3.63) is 69.8 Å². The fourth-order valence-electron chi connectivity index (χ4n) is 2.87. The number of nitrogens with one attached hydrogen (secondary N) is 1. The predicted octanol–water partition coefficient (Wildman–Crippen LogP) is 4.52. The number of carbonyl (C=O) groups excluding carboxylic acids is 1. The quantitative estimate of drug-likeness (QED) is 0.530. The van der Waals surface area contributed by atoms with E-state index < -0.39 is 17.8 Å². The molecule has 0 aliphatic heterocycles. The van der Waals surface area contributed by atoms with Gasteiger partial charge in [0.1, 0.15) is 11.5 Å². The van der Waals surface area contributed by atoms with E-state index in [-0.39, 0.29) is 11.4 Å². The lowest BCUT2D eigenvalue weighted by molar-refractivity contribution is -0.141. The van der Waals surface area contributed by atoms with Gasteiger partial charge in [-0.15, -0.1) is 11.3 Å². The standard InChI is InChI=1S/C19H14F3N5OS/c1-11-8-13(18(28)26-16-6-2-5-15(25-16)19(20,21)22)14-9-23-27(17(14)24-11)10-12-4-3-7-29-12/h2-9H,10H2,1H3,(H,25,26,28). The number of halogens is 3. The zero-order valence-corrected chi connectivity index (χ0v) is 15.9. The van der Waals surface area contributed by atoms with Gasteiger partial charge in [-0.25, -0.2) is 14.6 Å². The Morgan fingerprint density at radius 3 is 2.76 bits per heavy atom. The third kappa shape index (κ3) is 3.97. The summed E-state index contributed by atoms with van der Waals surface area (Å²) in [5.74, 6) is -0.763. The summed E-state index contributed by atoms with van der Waals surface area (Å²) in [7, 11) is 0. The highest BCUT2D eigenvalue weighted by atomic mass is 32.1. The van der Waals surface area contributed by atoms with E-state index in [9.17, 15) is 18.0 Å². The van der Waals surface area contributed by atoms with Crippen LogP contribution in [-0.2, 0) is 12.7 Å². The maximum absolute atomic E-state index is 12.9. The predicted molar refractivity (Wildman–Crippen MR) is 103 cm³/mol. The largest absolute Gasteiger partial charge is 0.433 e. The van der Waals surface area contributed by atoms with Crippen LogP contribution in [0.2, 0.25) is 0 Å². The van der Waals surface area contributed by atoms with E-state index >= 15 is 0 Å². The fraction of sp³-hybridized carbons (Fsp3) is 0.158. The smallest absolute Gasteiger partial charge is 0.307 e. The molecule has 0 saturated carbocycles. The van der Waals surface area contributed by atoms with Crippen LogP contribution in [-0.4, -0.2) is 25.7 Å². The van der Waals surface area contributed by atoms with E-state index in [0.717, 1.165) is 10.9 Å². The third-order valence-corrected chi connectivity index (χ3v) is 5.01. The maximum Gasteiger partial charge on any atom is 0.433 e. The van der Waals surface area contributed by atoms with Crippen molar-refractivity contribution in [2.24, 2.45) is 0 Å². The van der Waals surface area contributed by atoms with E-state index in [0.29, 0.717) is 23.3 Å². The number of pyridine rings is 2. The highest BCUT2D eigenvalue weighted by molar-refractivity contribution is 7.09. The lowest BCUT2D eigenvalue weighted by Crippen LogP contribution is -2.16. The number of hydrogen-bond donors (Lipinski definition) is 1. The molecule has 0 saturated heterocycles. The van der Waals surface area contributed by atoms with E-state index in [2.05, 4.69) is 20.4 Å². The Morgan fingerprint density at radius 2 is 2.03 bits per heavy atom. The summed E-state index contributed by atoms with van der Waals surface area (Å²) < 4.78 is 40.3. The topological polar surface area (TPSA) is 72.7 Å². The second-order valence-corrected chi connectivity index (χ2v) is 7.32. The first-order chi connectivity index (χ1) is 13.8. The van der Waals surface area contributed by atoms with Crippen molar-refractivity contribution in [2.45, 2.75) is 19.6 Å². The minimum absolute atomic E-state index is 0.182. The van der Waals surface area contributed by atoms with Gasteiger partial charge in [0.25, 0.3) is 5.91 Å². The molecule has 0 spiro atoms. The normalized spacial score (nSPS) is 11.7. The van der Waals surface area contributed by atoms with Crippen LogP contribution in [0.4, 0.5) is 19.0 Å². The SMILES string of the molecule is Cc1cc(C(=O)Nc2cccc(C(F)(F)F)n2)c2cnn(Cc3cccs3)c2n1. The number of rotatable bonds is 4. The van der Waals surface area contributed by atoms with E-state index in [4.69, 9.17) is 0 Å². The van der Waals surface area contributed by atoms with Gasteiger partial charge in [-0.3, -0.25) is 4.79 Å². The van der Waals surface area contributed by atoms with Crippen molar-refractivity contribution < 1.29 is 18.0 Å². The fourth-order valence-corrected chi connectivity index (χ4v) is 3.56. The van der Waals surface area contributed by atoms with Gasteiger partial charge in [-0.05, 0) is 36.6 Å². The zero-order valence-electron chi connectivity index (χ0n) is 15.1. The number of thiophene rings is 1. The molecular weight excluding hydrogens is 403 g/mol. The molecule has 1 amide bonds. The lowest BCUT2D eigenvalue weighted by atomic mass is 10.1. The van der Waals surface area contributed by atoms with Crippen LogP contribution < -0.4 is 5.32 Å². The van der Waals surface area contributed by atoms with Gasteiger partial charge in [0.05, 0.1) is 23.7 Å². The second-order valence-electron chi connectivity index (χ2n) is 6.29. The van der Waals surface area contributed by atoms with Crippen molar-refractivity contribution in [2.75, 3.05) is 5.32 Å². The van der Waals surface area contributed by atoms with Crippen LogP contribution in [0.1, 0.15) is 26.6 Å². The summed E-state index contributed by atoms with van der Waals surface area (Å²) in [6.45, 7) is 2.25. The maximum atomic E-state index is 12.9. The molecule has 4 aromatic heterocycles. The van der Waals surface area contributed by atoms with Gasteiger partial charge < -0.3 is 5.32 Å². The summed E-state index contributed by atoms with van der Waals surface area (Å²) in [6.07, 6.45) is -3.06. The summed E-state index contributed by atoms with van der Waals surface area (Å²) in [6, 6.07) is 8.82. The van der Waals surface area contributed by atoms with Crippen LogP contribution in [0.5, 0.6) is 0 Å². The van der Waals surface area contributed by atoms with Gasteiger partial charge >= 0.3 is 6.18 Å². The molecule has 29 heavy (non-hydrogen) atoms. The average Bonchev–Trinajstić information content (AvgIpc) is 3.31. The summed E-state index contributed by atoms with van der Waals surface area (Å²) >= 11 is 1.58. The van der Waals surface area contributed by atoms with E-state index in [1.54, 1.807) is 29.0 Å². The molecule has 0 aliphatic carbocycles. The first-order valence-electron chi connectivity index (χ1n) is 8.52. The molecular formula is C19H14F3N5OS. The molecule has 4 heterocycles. The van der Waals surface area contributed by atoms with Gasteiger partial charge in [0.15, 0.2) is 5.65 Å². The Bertz CT molecular complexity index is 1180. The molecule has 0 fully saturated rings. The molecule has 0 aromatic carbocycles. The van der Waals surface area contributed by atoms with E-state index in [1.165, 1.54) is 18.3 Å². The Kier molecular flexibility index (Phi) is 4.79. The lowest BCUT2D eigenvalue weighted by Gasteiger charge is -2.10. The van der Waals surface area contributed by atoms with Gasteiger partial charge in [0.2, 0.25) is 0 Å². The molecule has 0 bridgehead atoms. The van der Waals surface area contributed by atoms with Crippen molar-refractivity contribution in [3.63, 3.8) is 0 Å². The molecule has 0 aliphatic rings. The first-order valence-corrected chi connectivity index (χ1v) is 9.40. The molecule has 0 radical (unpaired) electrons. The molecule has 10 heteroatoms. The second kappa shape index (κ2) is 7.28. The van der Waals surface area contributed by atoms with Crippen molar-refractivity contribution in [1.29, 1.82) is 0 Å². The van der Waals surface area contributed by atoms with Gasteiger partial charge in [-0.1, -0.05) is 12.1 Å². The number of aromatic nitrogens is 4. The molecule has 0 atom stereocenters. The number of alkyl halides is 3. The summed E-state index contributed by atoms with van der Waals surface area (Å²) in [4.78, 5) is 21.8. The summed E-state index contributed by atoms with van der Waals surface area (Å²) in [5.41, 5.74) is 0.312. The van der Waals surface area contributed by atoms with Crippen LogP contribution >= 0.6 is 11.3 Å². The number of hydrogen-bond acceptors (Lipinski definition) is 5. The molecule has 6 nitrogen and oxygen atoms in total. The van der Waals surface area contributed by atoms with Crippen molar-refractivity contribution in [1.82, 2.24) is 19.7 Å².